The number of carbonyl (C=O) groups excluding carboxylic acids is 2. The largest absolute Gasteiger partial charge is 0.301 e. The smallest absolute Gasteiger partial charge is 0.238 e. The predicted octanol–water partition coefficient (Wildman–Crippen LogP) is 0.0430. The summed E-state index contributed by atoms with van der Waals surface area (Å²) in [5.41, 5.74) is 0. The minimum absolute atomic E-state index is 0.0894. The van der Waals surface area contributed by atoms with E-state index in [0.717, 1.165) is 6.29 Å². The number of hydrazine groups is 1. The fraction of sp³-hybridized carbons (Fsp3) is 0.778. The Balaban J connectivity index is 2.04. The van der Waals surface area contributed by atoms with Crippen LogP contribution in [-0.4, -0.2) is 41.8 Å². The Morgan fingerprint density at radius 2 is 2.23 bits per heavy atom. The summed E-state index contributed by atoms with van der Waals surface area (Å²) in [6.45, 7) is 0.207. The van der Waals surface area contributed by atoms with Crippen molar-refractivity contribution in [1.29, 1.82) is 0 Å². The molecule has 1 atom stereocenters. The number of aldehydes is 1. The van der Waals surface area contributed by atoms with E-state index in [-0.39, 0.29) is 12.5 Å². The summed E-state index contributed by atoms with van der Waals surface area (Å²) >= 11 is 0. The predicted molar refractivity (Wildman–Crippen MR) is 46.7 cm³/mol. The molecule has 1 amide bonds. The first-order valence-corrected chi connectivity index (χ1v) is 4.70. The van der Waals surface area contributed by atoms with Gasteiger partial charge in [0, 0.05) is 19.5 Å². The quantitative estimate of drug-likeness (QED) is 0.579. The summed E-state index contributed by atoms with van der Waals surface area (Å²) in [5, 5.41) is 3.49. The van der Waals surface area contributed by atoms with Gasteiger partial charge in [0.25, 0.3) is 0 Å². The molecule has 0 N–H and O–H groups in total. The molecule has 1 aliphatic carbocycles. The minimum Gasteiger partial charge on any atom is -0.301 e. The van der Waals surface area contributed by atoms with Gasteiger partial charge in [0.05, 0.1) is 6.54 Å². The molecule has 0 aromatic rings. The fourth-order valence-corrected chi connectivity index (χ4v) is 2.03. The van der Waals surface area contributed by atoms with Crippen molar-refractivity contribution >= 4 is 12.2 Å². The molecule has 4 heteroatoms. The SMILES string of the molecule is CN1C(C2CC2)CC(=O)N1CC=O. The van der Waals surface area contributed by atoms with Gasteiger partial charge >= 0.3 is 0 Å². The molecular weight excluding hydrogens is 168 g/mol. The van der Waals surface area contributed by atoms with Gasteiger partial charge in [-0.2, -0.15) is 0 Å². The Labute approximate surface area is 77.5 Å². The van der Waals surface area contributed by atoms with Crippen molar-refractivity contribution in [1.82, 2.24) is 10.0 Å². The van der Waals surface area contributed by atoms with Crippen LogP contribution < -0.4 is 0 Å². The zero-order valence-corrected chi connectivity index (χ0v) is 7.77. The third kappa shape index (κ3) is 1.46. The second-order valence-corrected chi connectivity index (χ2v) is 3.83. The van der Waals surface area contributed by atoms with Crippen LogP contribution in [0.25, 0.3) is 0 Å². The summed E-state index contributed by atoms with van der Waals surface area (Å²) in [6.07, 6.45) is 3.84. The highest BCUT2D eigenvalue weighted by atomic mass is 16.2. The average molecular weight is 182 g/mol. The molecule has 0 bridgehead atoms. The molecule has 1 saturated carbocycles. The maximum Gasteiger partial charge on any atom is 0.238 e. The molecule has 0 spiro atoms. The first kappa shape index (κ1) is 8.69. The maximum absolute atomic E-state index is 11.4. The monoisotopic (exact) mass is 182 g/mol. The van der Waals surface area contributed by atoms with Gasteiger partial charge in [0.2, 0.25) is 5.91 Å². The van der Waals surface area contributed by atoms with Gasteiger partial charge in [-0.15, -0.1) is 0 Å². The first-order valence-electron chi connectivity index (χ1n) is 4.70. The Morgan fingerprint density at radius 3 is 2.77 bits per heavy atom. The number of nitrogens with zero attached hydrogens (tertiary/aromatic N) is 2. The molecule has 1 heterocycles. The molecule has 4 nitrogen and oxygen atoms in total. The summed E-state index contributed by atoms with van der Waals surface area (Å²) in [5.74, 6) is 0.775. The van der Waals surface area contributed by atoms with E-state index in [0.29, 0.717) is 18.4 Å². The number of amides is 1. The third-order valence-electron chi connectivity index (χ3n) is 2.95. The Kier molecular flexibility index (Phi) is 2.07. The van der Waals surface area contributed by atoms with Crippen LogP contribution in [0.3, 0.4) is 0 Å². The average Bonchev–Trinajstić information content (AvgIpc) is 2.88. The molecular formula is C9H14N2O2. The molecule has 1 saturated heterocycles. The van der Waals surface area contributed by atoms with Crippen LogP contribution in [-0.2, 0) is 9.59 Å². The third-order valence-corrected chi connectivity index (χ3v) is 2.95. The number of hydrogen-bond acceptors (Lipinski definition) is 3. The van der Waals surface area contributed by atoms with E-state index in [9.17, 15) is 9.59 Å². The van der Waals surface area contributed by atoms with Crippen molar-refractivity contribution in [2.45, 2.75) is 25.3 Å². The molecule has 1 aliphatic heterocycles. The van der Waals surface area contributed by atoms with Crippen LogP contribution in [0, 0.1) is 5.92 Å². The summed E-state index contributed by atoms with van der Waals surface area (Å²) in [4.78, 5) is 21.8. The topological polar surface area (TPSA) is 40.6 Å². The van der Waals surface area contributed by atoms with Crippen LogP contribution in [0.15, 0.2) is 0 Å². The lowest BCUT2D eigenvalue weighted by atomic mass is 10.1. The first-order chi connectivity index (χ1) is 6.24. The van der Waals surface area contributed by atoms with E-state index in [1.54, 1.807) is 5.01 Å². The highest BCUT2D eigenvalue weighted by Gasteiger charge is 2.43. The van der Waals surface area contributed by atoms with Gasteiger partial charge in [-0.05, 0) is 18.8 Å². The normalized spacial score (nSPS) is 29.8. The summed E-state index contributed by atoms with van der Waals surface area (Å²) in [7, 11) is 1.90. The lowest BCUT2D eigenvalue weighted by Crippen LogP contribution is -2.41. The molecule has 0 aromatic carbocycles. The molecule has 2 rings (SSSR count). The van der Waals surface area contributed by atoms with E-state index in [1.807, 2.05) is 12.1 Å². The standard InChI is InChI=1S/C9H14N2O2/c1-10-8(7-2-3-7)6-9(13)11(10)4-5-12/h5,7-8H,2-4,6H2,1H3. The zero-order chi connectivity index (χ0) is 9.42. The van der Waals surface area contributed by atoms with Gasteiger partial charge in [-0.3, -0.25) is 9.80 Å². The van der Waals surface area contributed by atoms with Gasteiger partial charge in [-0.25, -0.2) is 5.01 Å². The van der Waals surface area contributed by atoms with E-state index in [1.165, 1.54) is 12.8 Å². The molecule has 13 heavy (non-hydrogen) atoms. The highest BCUT2D eigenvalue weighted by Crippen LogP contribution is 2.39. The van der Waals surface area contributed by atoms with Crippen molar-refractivity contribution in [3.05, 3.63) is 0 Å². The van der Waals surface area contributed by atoms with Crippen LogP contribution >= 0.6 is 0 Å². The van der Waals surface area contributed by atoms with E-state index >= 15 is 0 Å². The van der Waals surface area contributed by atoms with Gasteiger partial charge in [0.15, 0.2) is 0 Å². The van der Waals surface area contributed by atoms with Crippen molar-refractivity contribution in [2.75, 3.05) is 13.6 Å². The van der Waals surface area contributed by atoms with E-state index in [4.69, 9.17) is 0 Å². The van der Waals surface area contributed by atoms with E-state index < -0.39 is 0 Å². The van der Waals surface area contributed by atoms with Gasteiger partial charge in [-0.1, -0.05) is 0 Å². The van der Waals surface area contributed by atoms with E-state index in [2.05, 4.69) is 0 Å². The minimum atomic E-state index is 0.0894. The van der Waals surface area contributed by atoms with Gasteiger partial charge < -0.3 is 4.79 Å². The van der Waals surface area contributed by atoms with Crippen LogP contribution in [0.1, 0.15) is 19.3 Å². The van der Waals surface area contributed by atoms with Crippen molar-refractivity contribution in [3.8, 4) is 0 Å². The number of rotatable bonds is 3. The second kappa shape index (κ2) is 3.10. The Morgan fingerprint density at radius 1 is 1.54 bits per heavy atom. The Bertz CT molecular complexity index is 238. The molecule has 2 aliphatic rings. The van der Waals surface area contributed by atoms with Crippen LogP contribution in [0.4, 0.5) is 0 Å². The van der Waals surface area contributed by atoms with Crippen LogP contribution in [0.2, 0.25) is 0 Å². The zero-order valence-electron chi connectivity index (χ0n) is 7.77. The van der Waals surface area contributed by atoms with Crippen LogP contribution in [0.5, 0.6) is 0 Å². The lowest BCUT2D eigenvalue weighted by molar-refractivity contribution is -0.139. The lowest BCUT2D eigenvalue weighted by Gasteiger charge is -2.26. The number of hydrogen-bond donors (Lipinski definition) is 0. The molecule has 0 aromatic heterocycles. The number of carbonyl (C=O) groups is 2. The second-order valence-electron chi connectivity index (χ2n) is 3.83. The maximum atomic E-state index is 11.4. The highest BCUT2D eigenvalue weighted by molar-refractivity contribution is 5.80. The van der Waals surface area contributed by atoms with Crippen molar-refractivity contribution in [2.24, 2.45) is 5.92 Å². The van der Waals surface area contributed by atoms with Gasteiger partial charge in [0.1, 0.15) is 6.29 Å². The van der Waals surface area contributed by atoms with Crippen molar-refractivity contribution < 1.29 is 9.59 Å². The molecule has 1 unspecified atom stereocenters. The van der Waals surface area contributed by atoms with Crippen molar-refractivity contribution in [3.63, 3.8) is 0 Å². The fourth-order valence-electron chi connectivity index (χ4n) is 2.03. The Hall–Kier alpha value is -0.900. The molecule has 0 radical (unpaired) electrons. The summed E-state index contributed by atoms with van der Waals surface area (Å²) in [6, 6.07) is 0.354. The summed E-state index contributed by atoms with van der Waals surface area (Å²) < 4.78 is 0. The molecule has 2 fully saturated rings. The molecule has 72 valence electrons.